The van der Waals surface area contributed by atoms with Gasteiger partial charge >= 0.3 is 0 Å². The van der Waals surface area contributed by atoms with E-state index in [2.05, 4.69) is 10.6 Å². The third-order valence-corrected chi connectivity index (χ3v) is 5.38. The van der Waals surface area contributed by atoms with Gasteiger partial charge in [-0.2, -0.15) is 0 Å². The number of benzene rings is 1. The van der Waals surface area contributed by atoms with Gasteiger partial charge in [0.15, 0.2) is 0 Å². The zero-order valence-electron chi connectivity index (χ0n) is 15.1. The molecule has 1 aromatic rings. The molecule has 1 saturated carbocycles. The summed E-state index contributed by atoms with van der Waals surface area (Å²) >= 11 is 0. The van der Waals surface area contributed by atoms with E-state index in [0.29, 0.717) is 11.3 Å². The molecule has 0 heterocycles. The molecule has 25 heavy (non-hydrogen) atoms. The Balaban J connectivity index is 1.88. The highest BCUT2D eigenvalue weighted by atomic mass is 16.2. The summed E-state index contributed by atoms with van der Waals surface area (Å²) in [4.78, 5) is 25.1. The molecule has 5 heteroatoms. The Morgan fingerprint density at radius 1 is 1.08 bits per heavy atom. The average molecular weight is 343 g/mol. The molecule has 0 radical (unpaired) electrons. The van der Waals surface area contributed by atoms with Crippen LogP contribution < -0.4 is 16.4 Å². The van der Waals surface area contributed by atoms with Crippen molar-refractivity contribution in [2.45, 2.75) is 76.8 Å². The Morgan fingerprint density at radius 3 is 2.52 bits per heavy atom. The van der Waals surface area contributed by atoms with Crippen LogP contribution in [0.25, 0.3) is 0 Å². The maximum absolute atomic E-state index is 12.9. The number of amides is 2. The molecule has 0 bridgehead atoms. The molecule has 1 atom stereocenters. The third kappa shape index (κ3) is 4.21. The number of nitrogens with one attached hydrogen (secondary N) is 2. The predicted molar refractivity (Wildman–Crippen MR) is 99.7 cm³/mol. The van der Waals surface area contributed by atoms with E-state index < -0.39 is 6.04 Å². The minimum absolute atomic E-state index is 0.0831. The summed E-state index contributed by atoms with van der Waals surface area (Å²) in [6.45, 7) is 1.66. The molecule has 0 aliphatic heterocycles. The summed E-state index contributed by atoms with van der Waals surface area (Å²) in [6.07, 6.45) is 9.81. The van der Waals surface area contributed by atoms with Crippen LogP contribution in [0, 0.1) is 0 Å². The van der Waals surface area contributed by atoms with E-state index in [1.807, 2.05) is 12.1 Å². The molecular weight excluding hydrogens is 314 g/mol. The molecule has 1 unspecified atom stereocenters. The van der Waals surface area contributed by atoms with E-state index in [0.717, 1.165) is 44.1 Å². The summed E-state index contributed by atoms with van der Waals surface area (Å²) < 4.78 is 0. The van der Waals surface area contributed by atoms with E-state index in [1.165, 1.54) is 24.8 Å². The monoisotopic (exact) mass is 343 g/mol. The normalized spacial score (nSPS) is 19.0. The van der Waals surface area contributed by atoms with E-state index in [4.69, 9.17) is 5.73 Å². The van der Waals surface area contributed by atoms with Crippen molar-refractivity contribution in [3.63, 3.8) is 0 Å². The Hall–Kier alpha value is -1.88. The van der Waals surface area contributed by atoms with Crippen LogP contribution in [0.15, 0.2) is 12.1 Å². The fraction of sp³-hybridized carbons (Fsp3) is 0.600. The molecule has 2 aliphatic rings. The molecule has 136 valence electrons. The van der Waals surface area contributed by atoms with Crippen LogP contribution in [0.3, 0.4) is 0 Å². The van der Waals surface area contributed by atoms with Crippen molar-refractivity contribution < 1.29 is 9.59 Å². The van der Waals surface area contributed by atoms with Crippen LogP contribution in [0.4, 0.5) is 5.69 Å². The molecule has 5 nitrogen and oxygen atoms in total. The summed E-state index contributed by atoms with van der Waals surface area (Å²) in [7, 11) is 0. The topological polar surface area (TPSA) is 84.2 Å². The van der Waals surface area contributed by atoms with Crippen LogP contribution in [0.5, 0.6) is 0 Å². The molecule has 0 aromatic heterocycles. The van der Waals surface area contributed by atoms with Gasteiger partial charge in [-0.25, -0.2) is 0 Å². The minimum Gasteiger partial charge on any atom is -0.349 e. The number of anilines is 1. The van der Waals surface area contributed by atoms with Gasteiger partial charge in [0, 0.05) is 6.04 Å². The number of fused-ring (bicyclic) bond motifs is 1. The number of hydrogen-bond acceptors (Lipinski definition) is 3. The summed E-state index contributed by atoms with van der Waals surface area (Å²) in [5.74, 6) is -0.328. The van der Waals surface area contributed by atoms with E-state index >= 15 is 0 Å². The lowest BCUT2D eigenvalue weighted by molar-refractivity contribution is -0.117. The van der Waals surface area contributed by atoms with E-state index in [9.17, 15) is 9.59 Å². The van der Waals surface area contributed by atoms with Gasteiger partial charge in [0.25, 0.3) is 5.91 Å². The fourth-order valence-electron chi connectivity index (χ4n) is 3.91. The second-order valence-corrected chi connectivity index (χ2v) is 7.42. The highest BCUT2D eigenvalue weighted by Crippen LogP contribution is 2.31. The van der Waals surface area contributed by atoms with Crippen LogP contribution in [0.1, 0.15) is 73.4 Å². The maximum atomic E-state index is 12.9. The van der Waals surface area contributed by atoms with Gasteiger partial charge in [0.1, 0.15) is 0 Å². The van der Waals surface area contributed by atoms with Gasteiger partial charge < -0.3 is 16.4 Å². The van der Waals surface area contributed by atoms with Crippen LogP contribution in [-0.4, -0.2) is 23.9 Å². The smallest absolute Gasteiger partial charge is 0.253 e. The van der Waals surface area contributed by atoms with E-state index in [1.54, 1.807) is 6.92 Å². The van der Waals surface area contributed by atoms with Crippen molar-refractivity contribution in [2.24, 2.45) is 5.73 Å². The first-order valence-electron chi connectivity index (χ1n) is 9.58. The average Bonchev–Trinajstić information content (AvgIpc) is 2.62. The Morgan fingerprint density at radius 2 is 1.80 bits per heavy atom. The molecule has 4 N–H and O–H groups in total. The second-order valence-electron chi connectivity index (χ2n) is 7.42. The van der Waals surface area contributed by atoms with Crippen molar-refractivity contribution in [2.75, 3.05) is 5.32 Å². The standard InChI is InChI=1S/C20H29N3O2/c1-13(21)19(24)23-18-16-10-6-5-7-14(16)11-12-17(18)20(25)22-15-8-3-2-4-9-15/h11-13,15H,2-10,21H2,1H3,(H,22,25)(H,23,24). The molecule has 0 saturated heterocycles. The molecule has 0 spiro atoms. The number of nitrogens with two attached hydrogens (primary N) is 1. The Bertz CT molecular complexity index is 649. The van der Waals surface area contributed by atoms with Crippen LogP contribution in [-0.2, 0) is 17.6 Å². The Labute approximate surface area is 149 Å². The van der Waals surface area contributed by atoms with E-state index in [-0.39, 0.29) is 17.9 Å². The Kier molecular flexibility index (Phi) is 5.74. The first-order chi connectivity index (χ1) is 12.1. The lowest BCUT2D eigenvalue weighted by Gasteiger charge is -2.26. The van der Waals surface area contributed by atoms with Gasteiger partial charge in [-0.3, -0.25) is 9.59 Å². The summed E-state index contributed by atoms with van der Waals surface area (Å²) in [5, 5.41) is 6.09. The molecule has 1 aromatic carbocycles. The van der Waals surface area contributed by atoms with Gasteiger partial charge in [-0.15, -0.1) is 0 Å². The van der Waals surface area contributed by atoms with Crippen molar-refractivity contribution in [1.29, 1.82) is 0 Å². The van der Waals surface area contributed by atoms with Crippen molar-refractivity contribution in [1.82, 2.24) is 5.32 Å². The molecule has 2 aliphatic carbocycles. The van der Waals surface area contributed by atoms with Gasteiger partial charge in [0.2, 0.25) is 5.91 Å². The number of aryl methyl sites for hydroxylation is 1. The van der Waals surface area contributed by atoms with Crippen LogP contribution >= 0.6 is 0 Å². The largest absolute Gasteiger partial charge is 0.349 e. The number of carbonyl (C=O) groups is 2. The summed E-state index contributed by atoms with van der Waals surface area (Å²) in [6, 6.07) is 3.55. The number of hydrogen-bond donors (Lipinski definition) is 3. The van der Waals surface area contributed by atoms with Crippen molar-refractivity contribution in [3.05, 3.63) is 28.8 Å². The van der Waals surface area contributed by atoms with Crippen LogP contribution in [0.2, 0.25) is 0 Å². The number of rotatable bonds is 4. The third-order valence-electron chi connectivity index (χ3n) is 5.38. The molecule has 3 rings (SSSR count). The summed E-state index contributed by atoms with van der Waals surface area (Å²) in [5.41, 5.74) is 9.31. The molecular formula is C20H29N3O2. The zero-order chi connectivity index (χ0) is 17.8. The first-order valence-corrected chi connectivity index (χ1v) is 9.58. The lowest BCUT2D eigenvalue weighted by Crippen LogP contribution is -2.38. The SMILES string of the molecule is CC(N)C(=O)Nc1c(C(=O)NC2CCCCC2)ccc2c1CCCC2. The van der Waals surface area contributed by atoms with Gasteiger partial charge in [-0.1, -0.05) is 25.3 Å². The van der Waals surface area contributed by atoms with Crippen molar-refractivity contribution in [3.8, 4) is 0 Å². The highest BCUT2D eigenvalue weighted by molar-refractivity contribution is 6.06. The first kappa shape index (κ1) is 17.9. The predicted octanol–water partition coefficient (Wildman–Crippen LogP) is 2.91. The fourth-order valence-corrected chi connectivity index (χ4v) is 3.91. The van der Waals surface area contributed by atoms with Crippen molar-refractivity contribution >= 4 is 17.5 Å². The second kappa shape index (κ2) is 8.00. The van der Waals surface area contributed by atoms with Gasteiger partial charge in [0.05, 0.1) is 17.3 Å². The maximum Gasteiger partial charge on any atom is 0.253 e. The minimum atomic E-state index is -0.603. The lowest BCUT2D eigenvalue weighted by atomic mass is 9.88. The zero-order valence-corrected chi connectivity index (χ0v) is 15.1. The highest BCUT2D eigenvalue weighted by Gasteiger charge is 2.24. The quantitative estimate of drug-likeness (QED) is 0.786. The molecule has 2 amide bonds. The number of carbonyl (C=O) groups excluding carboxylic acids is 2. The molecule has 1 fully saturated rings. The van der Waals surface area contributed by atoms with Gasteiger partial charge in [-0.05, 0) is 62.6 Å².